The molecule has 1 fully saturated rings. The molecule has 0 bridgehead atoms. The quantitative estimate of drug-likeness (QED) is 0.930. The summed E-state index contributed by atoms with van der Waals surface area (Å²) in [6.45, 7) is 4.15. The SMILES string of the molecule is CC(C)C1C(=O)C[C@H](c2ccco2)N[C@@H]1c1ccco1. The summed E-state index contributed by atoms with van der Waals surface area (Å²) in [5.41, 5.74) is 0. The van der Waals surface area contributed by atoms with Crippen LogP contribution in [-0.4, -0.2) is 5.78 Å². The van der Waals surface area contributed by atoms with Crippen LogP contribution in [0.1, 0.15) is 43.9 Å². The number of piperidine rings is 1. The van der Waals surface area contributed by atoms with E-state index < -0.39 is 0 Å². The summed E-state index contributed by atoms with van der Waals surface area (Å²) in [6, 6.07) is 7.35. The van der Waals surface area contributed by atoms with E-state index in [1.165, 1.54) is 0 Å². The lowest BCUT2D eigenvalue weighted by atomic mass is 9.77. The summed E-state index contributed by atoms with van der Waals surface area (Å²) in [4.78, 5) is 12.5. The molecular weight excluding hydrogens is 254 g/mol. The number of rotatable bonds is 3. The average molecular weight is 273 g/mol. The van der Waals surface area contributed by atoms with E-state index in [0.29, 0.717) is 6.42 Å². The second-order valence-electron chi connectivity index (χ2n) is 5.67. The van der Waals surface area contributed by atoms with Crippen LogP contribution in [0.4, 0.5) is 0 Å². The summed E-state index contributed by atoms with van der Waals surface area (Å²) < 4.78 is 11.0. The second kappa shape index (κ2) is 5.29. The van der Waals surface area contributed by atoms with Gasteiger partial charge in [-0.05, 0) is 30.2 Å². The van der Waals surface area contributed by atoms with Crippen LogP contribution in [0.2, 0.25) is 0 Å². The molecule has 106 valence electrons. The molecular formula is C16H19NO3. The van der Waals surface area contributed by atoms with E-state index in [1.54, 1.807) is 12.5 Å². The monoisotopic (exact) mass is 273 g/mol. The molecule has 0 aliphatic carbocycles. The van der Waals surface area contributed by atoms with Crippen molar-refractivity contribution in [2.24, 2.45) is 11.8 Å². The molecule has 4 nitrogen and oxygen atoms in total. The van der Waals surface area contributed by atoms with Gasteiger partial charge in [0, 0.05) is 12.3 Å². The lowest BCUT2D eigenvalue weighted by Crippen LogP contribution is -2.44. The van der Waals surface area contributed by atoms with E-state index in [-0.39, 0.29) is 29.7 Å². The minimum Gasteiger partial charge on any atom is -0.468 e. The van der Waals surface area contributed by atoms with Crippen molar-refractivity contribution >= 4 is 5.78 Å². The van der Waals surface area contributed by atoms with Crippen molar-refractivity contribution in [1.82, 2.24) is 5.32 Å². The van der Waals surface area contributed by atoms with E-state index >= 15 is 0 Å². The molecule has 0 amide bonds. The molecule has 1 unspecified atom stereocenters. The maximum Gasteiger partial charge on any atom is 0.140 e. The number of Topliss-reactive ketones (excluding diaryl/α,β-unsaturated/α-hetero) is 1. The van der Waals surface area contributed by atoms with Gasteiger partial charge < -0.3 is 8.83 Å². The fourth-order valence-corrected chi connectivity index (χ4v) is 3.06. The number of carbonyl (C=O) groups is 1. The Hall–Kier alpha value is -1.81. The van der Waals surface area contributed by atoms with Gasteiger partial charge >= 0.3 is 0 Å². The fourth-order valence-electron chi connectivity index (χ4n) is 3.06. The molecule has 3 atom stereocenters. The number of nitrogens with one attached hydrogen (secondary N) is 1. The first-order chi connectivity index (χ1) is 9.66. The van der Waals surface area contributed by atoms with Gasteiger partial charge in [0.25, 0.3) is 0 Å². The van der Waals surface area contributed by atoms with Crippen LogP contribution in [-0.2, 0) is 4.79 Å². The Bertz CT molecular complexity index is 557. The zero-order valence-electron chi connectivity index (χ0n) is 11.7. The lowest BCUT2D eigenvalue weighted by Gasteiger charge is -2.36. The number of hydrogen-bond donors (Lipinski definition) is 1. The Morgan fingerprint density at radius 1 is 1.15 bits per heavy atom. The molecule has 0 spiro atoms. The smallest absolute Gasteiger partial charge is 0.140 e. The molecule has 0 aromatic carbocycles. The molecule has 2 aromatic heterocycles. The Morgan fingerprint density at radius 2 is 1.80 bits per heavy atom. The number of furan rings is 2. The van der Waals surface area contributed by atoms with Crippen LogP contribution in [0.5, 0.6) is 0 Å². The second-order valence-corrected chi connectivity index (χ2v) is 5.67. The minimum absolute atomic E-state index is 0.0626. The van der Waals surface area contributed by atoms with Crippen LogP contribution in [0.3, 0.4) is 0 Å². The Morgan fingerprint density at radius 3 is 2.35 bits per heavy atom. The normalized spacial score (nSPS) is 27.1. The summed E-state index contributed by atoms with van der Waals surface area (Å²) in [7, 11) is 0. The van der Waals surface area contributed by atoms with Crippen LogP contribution in [0.15, 0.2) is 45.6 Å². The molecule has 0 saturated carbocycles. The van der Waals surface area contributed by atoms with Gasteiger partial charge in [-0.1, -0.05) is 13.8 Å². The van der Waals surface area contributed by atoms with Crippen molar-refractivity contribution in [1.29, 1.82) is 0 Å². The first-order valence-electron chi connectivity index (χ1n) is 7.02. The molecule has 3 rings (SSSR count). The van der Waals surface area contributed by atoms with E-state index in [1.807, 2.05) is 24.3 Å². The maximum absolute atomic E-state index is 12.5. The summed E-state index contributed by atoms with van der Waals surface area (Å²) in [5, 5.41) is 3.51. The molecule has 1 aliphatic rings. The highest BCUT2D eigenvalue weighted by Crippen LogP contribution is 2.38. The Kier molecular flexibility index (Phi) is 3.49. The molecule has 1 saturated heterocycles. The Labute approximate surface area is 118 Å². The molecule has 2 aromatic rings. The van der Waals surface area contributed by atoms with Crippen molar-refractivity contribution in [3.8, 4) is 0 Å². The molecule has 0 radical (unpaired) electrons. The zero-order chi connectivity index (χ0) is 14.1. The van der Waals surface area contributed by atoms with Gasteiger partial charge in [0.15, 0.2) is 0 Å². The van der Waals surface area contributed by atoms with Crippen molar-refractivity contribution < 1.29 is 13.6 Å². The number of hydrogen-bond acceptors (Lipinski definition) is 4. The van der Waals surface area contributed by atoms with Crippen LogP contribution < -0.4 is 5.32 Å². The number of ketones is 1. The third kappa shape index (κ3) is 2.31. The standard InChI is InChI=1S/C16H19NO3/c1-10(2)15-12(18)9-11(13-5-3-7-19-13)17-16(15)14-6-4-8-20-14/h3-8,10-11,15-17H,9H2,1-2H3/t11-,15?,16-/m1/s1. The highest BCUT2D eigenvalue weighted by molar-refractivity contribution is 5.83. The van der Waals surface area contributed by atoms with Crippen molar-refractivity contribution in [3.63, 3.8) is 0 Å². The summed E-state index contributed by atoms with van der Waals surface area (Å²) >= 11 is 0. The zero-order valence-corrected chi connectivity index (χ0v) is 11.7. The fraction of sp³-hybridized carbons (Fsp3) is 0.438. The highest BCUT2D eigenvalue weighted by atomic mass is 16.3. The molecule has 20 heavy (non-hydrogen) atoms. The van der Waals surface area contributed by atoms with E-state index in [9.17, 15) is 4.79 Å². The van der Waals surface area contributed by atoms with Gasteiger partial charge in [-0.25, -0.2) is 0 Å². The van der Waals surface area contributed by atoms with Gasteiger partial charge in [-0.15, -0.1) is 0 Å². The summed E-state index contributed by atoms with van der Waals surface area (Å²) in [6.07, 6.45) is 3.75. The minimum atomic E-state index is -0.0960. The molecule has 4 heteroatoms. The van der Waals surface area contributed by atoms with Crippen LogP contribution >= 0.6 is 0 Å². The first kappa shape index (κ1) is 13.2. The molecule has 1 N–H and O–H groups in total. The maximum atomic E-state index is 12.5. The molecule has 3 heterocycles. The van der Waals surface area contributed by atoms with Crippen molar-refractivity contribution in [3.05, 3.63) is 48.3 Å². The van der Waals surface area contributed by atoms with Gasteiger partial charge in [-0.3, -0.25) is 10.1 Å². The highest BCUT2D eigenvalue weighted by Gasteiger charge is 2.41. The van der Waals surface area contributed by atoms with E-state index in [4.69, 9.17) is 8.83 Å². The van der Waals surface area contributed by atoms with Gasteiger partial charge in [0.1, 0.15) is 17.3 Å². The lowest BCUT2D eigenvalue weighted by molar-refractivity contribution is -0.129. The number of carbonyl (C=O) groups excluding carboxylic acids is 1. The largest absolute Gasteiger partial charge is 0.468 e. The van der Waals surface area contributed by atoms with Crippen LogP contribution in [0, 0.1) is 11.8 Å². The molecule has 1 aliphatic heterocycles. The predicted molar refractivity (Wildman–Crippen MR) is 74.0 cm³/mol. The Balaban J connectivity index is 1.91. The third-order valence-electron chi connectivity index (χ3n) is 3.97. The van der Waals surface area contributed by atoms with Crippen LogP contribution in [0.25, 0.3) is 0 Å². The van der Waals surface area contributed by atoms with Gasteiger partial charge in [-0.2, -0.15) is 0 Å². The average Bonchev–Trinajstić information content (AvgIpc) is 3.11. The first-order valence-corrected chi connectivity index (χ1v) is 7.02. The van der Waals surface area contributed by atoms with Crippen molar-refractivity contribution in [2.45, 2.75) is 32.4 Å². The third-order valence-corrected chi connectivity index (χ3v) is 3.97. The van der Waals surface area contributed by atoms with E-state index in [0.717, 1.165) is 11.5 Å². The topological polar surface area (TPSA) is 55.4 Å². The van der Waals surface area contributed by atoms with Crippen molar-refractivity contribution in [2.75, 3.05) is 0 Å². The van der Waals surface area contributed by atoms with E-state index in [2.05, 4.69) is 19.2 Å². The van der Waals surface area contributed by atoms with Gasteiger partial charge in [0.2, 0.25) is 0 Å². The summed E-state index contributed by atoms with van der Waals surface area (Å²) in [5.74, 6) is 2.09. The van der Waals surface area contributed by atoms with Gasteiger partial charge in [0.05, 0.1) is 24.6 Å². The predicted octanol–water partition coefficient (Wildman–Crippen LogP) is 3.49.